The van der Waals surface area contributed by atoms with Gasteiger partial charge in [0, 0.05) is 16.5 Å². The van der Waals surface area contributed by atoms with Gasteiger partial charge in [0.25, 0.3) is 0 Å². The molecule has 0 bridgehead atoms. The van der Waals surface area contributed by atoms with Crippen molar-refractivity contribution < 1.29 is 9.84 Å². The SMILES string of the molecule is CC(O)(c1ccc2c(c1)CCO2)c1ccccc1Br. The van der Waals surface area contributed by atoms with Crippen LogP contribution in [0.2, 0.25) is 0 Å². The maximum absolute atomic E-state index is 10.9. The summed E-state index contributed by atoms with van der Waals surface area (Å²) in [5.41, 5.74) is 1.92. The van der Waals surface area contributed by atoms with Crippen LogP contribution >= 0.6 is 15.9 Å². The molecule has 0 saturated carbocycles. The van der Waals surface area contributed by atoms with Crippen LogP contribution in [-0.2, 0) is 12.0 Å². The minimum Gasteiger partial charge on any atom is -0.493 e. The fourth-order valence-corrected chi connectivity index (χ4v) is 3.17. The van der Waals surface area contributed by atoms with Gasteiger partial charge < -0.3 is 9.84 Å². The van der Waals surface area contributed by atoms with Gasteiger partial charge in [-0.25, -0.2) is 0 Å². The highest BCUT2D eigenvalue weighted by Gasteiger charge is 2.29. The summed E-state index contributed by atoms with van der Waals surface area (Å²) in [4.78, 5) is 0. The van der Waals surface area contributed by atoms with Crippen LogP contribution in [0.4, 0.5) is 0 Å². The van der Waals surface area contributed by atoms with Crippen LogP contribution in [0, 0.1) is 0 Å². The molecule has 19 heavy (non-hydrogen) atoms. The number of halogens is 1. The second-order valence-electron chi connectivity index (χ2n) is 4.97. The molecule has 1 atom stereocenters. The molecular formula is C16H15BrO2. The van der Waals surface area contributed by atoms with Crippen molar-refractivity contribution in [1.29, 1.82) is 0 Å². The third kappa shape index (κ3) is 2.17. The van der Waals surface area contributed by atoms with Gasteiger partial charge in [-0.3, -0.25) is 0 Å². The van der Waals surface area contributed by atoms with E-state index in [1.165, 1.54) is 5.56 Å². The zero-order valence-corrected chi connectivity index (χ0v) is 12.3. The van der Waals surface area contributed by atoms with E-state index in [1.54, 1.807) is 0 Å². The van der Waals surface area contributed by atoms with E-state index in [9.17, 15) is 5.11 Å². The Hall–Kier alpha value is -1.32. The van der Waals surface area contributed by atoms with Crippen molar-refractivity contribution in [1.82, 2.24) is 0 Å². The molecule has 1 aliphatic rings. The van der Waals surface area contributed by atoms with Crippen LogP contribution in [0.5, 0.6) is 5.75 Å². The predicted octanol–water partition coefficient (Wildman–Crippen LogP) is 3.64. The fraction of sp³-hybridized carbons (Fsp3) is 0.250. The monoisotopic (exact) mass is 318 g/mol. The number of ether oxygens (including phenoxy) is 1. The maximum atomic E-state index is 10.9. The molecule has 1 unspecified atom stereocenters. The topological polar surface area (TPSA) is 29.5 Å². The number of hydrogen-bond acceptors (Lipinski definition) is 2. The lowest BCUT2D eigenvalue weighted by molar-refractivity contribution is 0.101. The minimum atomic E-state index is -1.02. The van der Waals surface area contributed by atoms with Crippen LogP contribution in [0.1, 0.15) is 23.6 Å². The molecule has 0 aliphatic carbocycles. The second kappa shape index (κ2) is 4.66. The van der Waals surface area contributed by atoms with Gasteiger partial charge >= 0.3 is 0 Å². The number of fused-ring (bicyclic) bond motifs is 1. The summed E-state index contributed by atoms with van der Waals surface area (Å²) in [5, 5.41) is 10.9. The van der Waals surface area contributed by atoms with Crippen LogP contribution in [-0.4, -0.2) is 11.7 Å². The van der Waals surface area contributed by atoms with Gasteiger partial charge in [0.05, 0.1) is 6.61 Å². The molecule has 0 aromatic heterocycles. The van der Waals surface area contributed by atoms with Crippen LogP contribution in [0.3, 0.4) is 0 Å². The molecule has 2 aromatic rings. The van der Waals surface area contributed by atoms with E-state index in [0.29, 0.717) is 0 Å². The van der Waals surface area contributed by atoms with Crippen molar-refractivity contribution in [3.63, 3.8) is 0 Å². The van der Waals surface area contributed by atoms with Crippen molar-refractivity contribution in [3.05, 3.63) is 63.6 Å². The molecule has 3 heteroatoms. The fourth-order valence-electron chi connectivity index (χ4n) is 2.50. The molecule has 2 nitrogen and oxygen atoms in total. The third-order valence-corrected chi connectivity index (χ3v) is 4.34. The second-order valence-corrected chi connectivity index (χ2v) is 5.83. The summed E-state index contributed by atoms with van der Waals surface area (Å²) in [6.45, 7) is 2.56. The van der Waals surface area contributed by atoms with Crippen LogP contribution < -0.4 is 4.74 Å². The molecule has 0 saturated heterocycles. The van der Waals surface area contributed by atoms with Gasteiger partial charge in [0.2, 0.25) is 0 Å². The zero-order chi connectivity index (χ0) is 13.5. The molecule has 0 spiro atoms. The Morgan fingerprint density at radius 2 is 2.00 bits per heavy atom. The molecule has 0 fully saturated rings. The van der Waals surface area contributed by atoms with Crippen molar-refractivity contribution in [3.8, 4) is 5.75 Å². The van der Waals surface area contributed by atoms with Gasteiger partial charge in [-0.05, 0) is 36.2 Å². The smallest absolute Gasteiger partial charge is 0.122 e. The van der Waals surface area contributed by atoms with E-state index in [2.05, 4.69) is 15.9 Å². The Labute approximate surface area is 121 Å². The first-order chi connectivity index (χ1) is 9.09. The Bertz CT molecular complexity index is 620. The summed E-state index contributed by atoms with van der Waals surface area (Å²) < 4.78 is 6.42. The maximum Gasteiger partial charge on any atom is 0.122 e. The lowest BCUT2D eigenvalue weighted by Gasteiger charge is -2.26. The standard InChI is InChI=1S/C16H15BrO2/c1-16(18,13-4-2-3-5-14(13)17)12-6-7-15-11(10-12)8-9-19-15/h2-7,10,18H,8-9H2,1H3. The Kier molecular flexibility index (Phi) is 3.11. The quantitative estimate of drug-likeness (QED) is 0.916. The minimum absolute atomic E-state index is 0.732. The Balaban J connectivity index is 2.07. The molecular weight excluding hydrogens is 304 g/mol. The van der Waals surface area contributed by atoms with Crippen molar-refractivity contribution in [2.24, 2.45) is 0 Å². The first kappa shape index (κ1) is 12.7. The molecule has 2 aromatic carbocycles. The first-order valence-corrected chi connectivity index (χ1v) is 7.12. The van der Waals surface area contributed by atoms with Crippen molar-refractivity contribution >= 4 is 15.9 Å². The number of aliphatic hydroxyl groups is 1. The Morgan fingerprint density at radius 3 is 2.79 bits per heavy atom. The average Bonchev–Trinajstić information content (AvgIpc) is 2.86. The number of rotatable bonds is 2. The van der Waals surface area contributed by atoms with Crippen molar-refractivity contribution in [2.75, 3.05) is 6.61 Å². The molecule has 3 rings (SSSR count). The largest absolute Gasteiger partial charge is 0.493 e. The normalized spacial score (nSPS) is 16.6. The lowest BCUT2D eigenvalue weighted by Crippen LogP contribution is -2.23. The highest BCUT2D eigenvalue weighted by molar-refractivity contribution is 9.10. The summed E-state index contributed by atoms with van der Waals surface area (Å²) in [5.74, 6) is 0.937. The van der Waals surface area contributed by atoms with E-state index in [-0.39, 0.29) is 0 Å². The Morgan fingerprint density at radius 1 is 1.21 bits per heavy atom. The summed E-state index contributed by atoms with van der Waals surface area (Å²) in [7, 11) is 0. The average molecular weight is 319 g/mol. The third-order valence-electron chi connectivity index (χ3n) is 3.65. The van der Waals surface area contributed by atoms with Crippen molar-refractivity contribution in [2.45, 2.75) is 18.9 Å². The number of hydrogen-bond donors (Lipinski definition) is 1. The zero-order valence-electron chi connectivity index (χ0n) is 10.7. The summed E-state index contributed by atoms with van der Waals surface area (Å²) in [6, 6.07) is 13.7. The van der Waals surface area contributed by atoms with E-state index >= 15 is 0 Å². The molecule has 1 N–H and O–H groups in total. The number of benzene rings is 2. The highest BCUT2D eigenvalue weighted by atomic mass is 79.9. The van der Waals surface area contributed by atoms with Gasteiger partial charge in [-0.2, -0.15) is 0 Å². The van der Waals surface area contributed by atoms with Gasteiger partial charge in [0.1, 0.15) is 11.4 Å². The molecule has 1 aliphatic heterocycles. The van der Waals surface area contributed by atoms with E-state index < -0.39 is 5.60 Å². The first-order valence-electron chi connectivity index (χ1n) is 6.32. The molecule has 1 heterocycles. The molecule has 98 valence electrons. The van der Waals surface area contributed by atoms with Crippen LogP contribution in [0.15, 0.2) is 46.9 Å². The molecule has 0 radical (unpaired) electrons. The highest BCUT2D eigenvalue weighted by Crippen LogP contribution is 2.36. The van der Waals surface area contributed by atoms with Crippen LogP contribution in [0.25, 0.3) is 0 Å². The van der Waals surface area contributed by atoms with Gasteiger partial charge in [-0.1, -0.05) is 40.2 Å². The van der Waals surface area contributed by atoms with E-state index in [4.69, 9.17) is 4.74 Å². The summed E-state index contributed by atoms with van der Waals surface area (Å²) >= 11 is 3.51. The lowest BCUT2D eigenvalue weighted by atomic mass is 9.87. The van der Waals surface area contributed by atoms with E-state index in [1.807, 2.05) is 49.4 Å². The predicted molar refractivity (Wildman–Crippen MR) is 78.5 cm³/mol. The summed E-state index contributed by atoms with van der Waals surface area (Å²) in [6.07, 6.45) is 0.912. The van der Waals surface area contributed by atoms with E-state index in [0.717, 1.165) is 34.4 Å². The molecule has 0 amide bonds. The van der Waals surface area contributed by atoms with Gasteiger partial charge in [-0.15, -0.1) is 0 Å². The van der Waals surface area contributed by atoms with Gasteiger partial charge in [0.15, 0.2) is 0 Å².